The van der Waals surface area contributed by atoms with Gasteiger partial charge in [0.2, 0.25) is 0 Å². The van der Waals surface area contributed by atoms with Crippen LogP contribution in [0.1, 0.15) is 25.7 Å². The second-order valence-electron chi connectivity index (χ2n) is 5.41. The molecule has 0 aliphatic heterocycles. The zero-order valence-corrected chi connectivity index (χ0v) is 12.7. The molecule has 1 N–H and O–H groups in total. The Morgan fingerprint density at radius 1 is 0.955 bits per heavy atom. The maximum Gasteiger partial charge on any atom is 0.169 e. The van der Waals surface area contributed by atoms with Crippen LogP contribution in [0.3, 0.4) is 0 Å². The number of para-hydroxylation sites is 1. The van der Waals surface area contributed by atoms with Gasteiger partial charge in [0.05, 0.1) is 18.9 Å². The Morgan fingerprint density at radius 3 is 2.45 bits per heavy atom. The molecule has 1 aliphatic rings. The Hall–Kier alpha value is -2.20. The molecular formula is C18H21NO3. The molecule has 1 fully saturated rings. The van der Waals surface area contributed by atoms with Gasteiger partial charge in [-0.25, -0.2) is 0 Å². The van der Waals surface area contributed by atoms with Crippen LogP contribution in [0.2, 0.25) is 0 Å². The lowest BCUT2D eigenvalue weighted by Crippen LogP contribution is -2.11. The van der Waals surface area contributed by atoms with Crippen LogP contribution in [0.5, 0.6) is 17.2 Å². The van der Waals surface area contributed by atoms with Crippen molar-refractivity contribution in [1.29, 1.82) is 0 Å². The quantitative estimate of drug-likeness (QED) is 0.780. The first-order valence-corrected chi connectivity index (χ1v) is 7.68. The molecule has 0 radical (unpaired) electrons. The number of benzene rings is 2. The standard InChI is InChI=1S/C18H21NO3/c1-20-19-14-11-12-17(21-15-7-3-2-4-8-15)18(13-14)22-16-9-5-6-10-16/h2-4,7-8,11-13,16,19H,5-6,9-10H2,1H3. The van der Waals surface area contributed by atoms with Crippen molar-refractivity contribution in [3.05, 3.63) is 48.5 Å². The van der Waals surface area contributed by atoms with E-state index < -0.39 is 0 Å². The third-order valence-electron chi connectivity index (χ3n) is 3.73. The molecule has 0 spiro atoms. The van der Waals surface area contributed by atoms with Gasteiger partial charge >= 0.3 is 0 Å². The highest BCUT2D eigenvalue weighted by Gasteiger charge is 2.19. The fourth-order valence-electron chi connectivity index (χ4n) is 2.67. The maximum atomic E-state index is 6.15. The summed E-state index contributed by atoms with van der Waals surface area (Å²) in [5, 5.41) is 0. The van der Waals surface area contributed by atoms with Gasteiger partial charge in [0.15, 0.2) is 11.5 Å². The van der Waals surface area contributed by atoms with Gasteiger partial charge in [-0.15, -0.1) is 0 Å². The monoisotopic (exact) mass is 299 g/mol. The smallest absolute Gasteiger partial charge is 0.169 e. The molecule has 3 rings (SSSR count). The summed E-state index contributed by atoms with van der Waals surface area (Å²) in [4.78, 5) is 4.96. The minimum absolute atomic E-state index is 0.274. The number of ether oxygens (including phenoxy) is 2. The molecule has 2 aromatic carbocycles. The van der Waals surface area contributed by atoms with Crippen LogP contribution in [-0.2, 0) is 4.84 Å². The highest BCUT2D eigenvalue weighted by molar-refractivity contribution is 5.54. The summed E-state index contributed by atoms with van der Waals surface area (Å²) >= 11 is 0. The minimum Gasteiger partial charge on any atom is -0.486 e. The van der Waals surface area contributed by atoms with E-state index in [0.29, 0.717) is 0 Å². The molecule has 0 unspecified atom stereocenters. The first-order valence-electron chi connectivity index (χ1n) is 7.68. The van der Waals surface area contributed by atoms with E-state index in [-0.39, 0.29) is 6.10 Å². The fraction of sp³-hybridized carbons (Fsp3) is 0.333. The summed E-state index contributed by atoms with van der Waals surface area (Å²) in [5.74, 6) is 2.27. The highest BCUT2D eigenvalue weighted by Crippen LogP contribution is 2.36. The van der Waals surface area contributed by atoms with E-state index in [2.05, 4.69) is 5.48 Å². The van der Waals surface area contributed by atoms with Crippen LogP contribution in [0.15, 0.2) is 48.5 Å². The van der Waals surface area contributed by atoms with Crippen LogP contribution in [0, 0.1) is 0 Å². The summed E-state index contributed by atoms with van der Waals surface area (Å²) in [6, 6.07) is 15.5. The number of nitrogens with one attached hydrogen (secondary N) is 1. The van der Waals surface area contributed by atoms with Crippen LogP contribution >= 0.6 is 0 Å². The molecule has 0 aromatic heterocycles. The van der Waals surface area contributed by atoms with Gasteiger partial charge in [-0.05, 0) is 49.9 Å². The lowest BCUT2D eigenvalue weighted by Gasteiger charge is -2.18. The second-order valence-corrected chi connectivity index (χ2v) is 5.41. The molecule has 22 heavy (non-hydrogen) atoms. The Bertz CT molecular complexity index is 595. The first kappa shape index (κ1) is 14.7. The van der Waals surface area contributed by atoms with E-state index in [9.17, 15) is 0 Å². The third-order valence-corrected chi connectivity index (χ3v) is 3.73. The molecule has 0 heterocycles. The number of rotatable bonds is 6. The predicted molar refractivity (Wildman–Crippen MR) is 86.5 cm³/mol. The van der Waals surface area contributed by atoms with Gasteiger partial charge in [0.25, 0.3) is 0 Å². The maximum absolute atomic E-state index is 6.15. The Kier molecular flexibility index (Phi) is 4.81. The predicted octanol–water partition coefficient (Wildman–Crippen LogP) is 4.77. The second kappa shape index (κ2) is 7.18. The number of hydrogen-bond acceptors (Lipinski definition) is 4. The highest BCUT2D eigenvalue weighted by atomic mass is 16.6. The fourth-order valence-corrected chi connectivity index (χ4v) is 2.67. The first-order chi connectivity index (χ1) is 10.8. The van der Waals surface area contributed by atoms with E-state index in [0.717, 1.165) is 35.8 Å². The molecule has 1 aliphatic carbocycles. The Morgan fingerprint density at radius 2 is 1.73 bits per heavy atom. The van der Waals surface area contributed by atoms with Gasteiger partial charge in [0, 0.05) is 6.07 Å². The van der Waals surface area contributed by atoms with Crippen molar-refractivity contribution in [3.63, 3.8) is 0 Å². The van der Waals surface area contributed by atoms with Crippen LogP contribution < -0.4 is 15.0 Å². The molecule has 0 bridgehead atoms. The van der Waals surface area contributed by atoms with Crippen molar-refractivity contribution in [1.82, 2.24) is 0 Å². The minimum atomic E-state index is 0.274. The zero-order valence-electron chi connectivity index (χ0n) is 12.7. The average molecular weight is 299 g/mol. The van der Waals surface area contributed by atoms with E-state index >= 15 is 0 Å². The molecule has 4 heteroatoms. The summed E-state index contributed by atoms with van der Waals surface area (Å²) < 4.78 is 12.1. The normalized spacial score (nSPS) is 14.8. The van der Waals surface area contributed by atoms with E-state index in [1.165, 1.54) is 12.8 Å². The lowest BCUT2D eigenvalue weighted by atomic mass is 10.2. The van der Waals surface area contributed by atoms with Crippen LogP contribution in [0.4, 0.5) is 5.69 Å². The number of anilines is 1. The van der Waals surface area contributed by atoms with Gasteiger partial charge in [-0.1, -0.05) is 18.2 Å². The Labute approximate surface area is 131 Å². The summed E-state index contributed by atoms with van der Waals surface area (Å²) in [6.07, 6.45) is 4.95. The van der Waals surface area contributed by atoms with E-state index in [4.69, 9.17) is 14.3 Å². The van der Waals surface area contributed by atoms with Gasteiger partial charge in [-0.2, -0.15) is 0 Å². The summed E-state index contributed by atoms with van der Waals surface area (Å²) in [7, 11) is 1.59. The van der Waals surface area contributed by atoms with Crippen molar-refractivity contribution >= 4 is 5.69 Å². The van der Waals surface area contributed by atoms with E-state index in [1.807, 2.05) is 48.5 Å². The largest absolute Gasteiger partial charge is 0.486 e. The van der Waals surface area contributed by atoms with Crippen molar-refractivity contribution in [2.75, 3.05) is 12.6 Å². The van der Waals surface area contributed by atoms with Crippen molar-refractivity contribution < 1.29 is 14.3 Å². The molecule has 4 nitrogen and oxygen atoms in total. The lowest BCUT2D eigenvalue weighted by molar-refractivity contribution is 0.203. The Balaban J connectivity index is 1.82. The third kappa shape index (κ3) is 3.71. The molecule has 2 aromatic rings. The molecular weight excluding hydrogens is 278 g/mol. The van der Waals surface area contributed by atoms with Crippen LogP contribution in [0.25, 0.3) is 0 Å². The van der Waals surface area contributed by atoms with Gasteiger partial charge in [-0.3, -0.25) is 10.3 Å². The molecule has 0 saturated heterocycles. The summed E-state index contributed by atoms with van der Waals surface area (Å²) in [6.45, 7) is 0. The topological polar surface area (TPSA) is 39.7 Å². The molecule has 0 amide bonds. The SMILES string of the molecule is CONc1ccc(Oc2ccccc2)c(OC2CCCC2)c1. The van der Waals surface area contributed by atoms with Crippen molar-refractivity contribution in [2.24, 2.45) is 0 Å². The van der Waals surface area contributed by atoms with Crippen LogP contribution in [-0.4, -0.2) is 13.2 Å². The molecule has 116 valence electrons. The zero-order chi connectivity index (χ0) is 15.2. The van der Waals surface area contributed by atoms with Gasteiger partial charge in [0.1, 0.15) is 5.75 Å². The van der Waals surface area contributed by atoms with Crippen molar-refractivity contribution in [3.8, 4) is 17.2 Å². The number of hydrogen-bond donors (Lipinski definition) is 1. The van der Waals surface area contributed by atoms with Gasteiger partial charge < -0.3 is 9.47 Å². The molecule has 1 saturated carbocycles. The van der Waals surface area contributed by atoms with Crippen molar-refractivity contribution in [2.45, 2.75) is 31.8 Å². The van der Waals surface area contributed by atoms with E-state index in [1.54, 1.807) is 7.11 Å². The molecule has 0 atom stereocenters. The average Bonchev–Trinajstić information content (AvgIpc) is 3.04. The summed E-state index contributed by atoms with van der Waals surface area (Å²) in [5.41, 5.74) is 3.67.